The number of quaternary nitrogens is 2. The summed E-state index contributed by atoms with van der Waals surface area (Å²) < 4.78 is 0.00208. The molecule has 0 saturated heterocycles. The number of amidine groups is 1. The lowest BCUT2D eigenvalue weighted by atomic mass is 10.1. The van der Waals surface area contributed by atoms with E-state index in [0.29, 0.717) is 23.4 Å². The first kappa shape index (κ1) is 28.5. The van der Waals surface area contributed by atoms with E-state index in [-0.39, 0.29) is 13.1 Å². The van der Waals surface area contributed by atoms with E-state index >= 15 is 0 Å². The van der Waals surface area contributed by atoms with Crippen molar-refractivity contribution in [2.24, 2.45) is 4.99 Å². The van der Waals surface area contributed by atoms with Gasteiger partial charge in [0.05, 0.1) is 27.7 Å². The van der Waals surface area contributed by atoms with Crippen molar-refractivity contribution in [3.8, 4) is 0 Å². The number of hydrogen-bond acceptors (Lipinski definition) is 4. The third kappa shape index (κ3) is 15.3. The molecule has 1 rings (SSSR count). The van der Waals surface area contributed by atoms with Crippen LogP contribution in [0.15, 0.2) is 4.99 Å². The van der Waals surface area contributed by atoms with E-state index in [1.165, 1.54) is 51.4 Å². The summed E-state index contributed by atoms with van der Waals surface area (Å²) in [4.78, 5) is 25.1. The first-order valence-electron chi connectivity index (χ1n) is 11.4. The van der Waals surface area contributed by atoms with E-state index < -0.39 is 16.6 Å². The van der Waals surface area contributed by atoms with Crippen LogP contribution in [-0.2, 0) is 9.59 Å². The Balaban J connectivity index is 0.000000890. The van der Waals surface area contributed by atoms with Crippen molar-refractivity contribution in [2.45, 2.75) is 77.6 Å². The van der Waals surface area contributed by atoms with Crippen molar-refractivity contribution in [1.29, 1.82) is 0 Å². The van der Waals surface area contributed by atoms with Gasteiger partial charge in [0.15, 0.2) is 6.54 Å². The Morgan fingerprint density at radius 1 is 0.900 bits per heavy atom. The van der Waals surface area contributed by atoms with Crippen LogP contribution in [0.5, 0.6) is 0 Å². The molecule has 0 aliphatic carbocycles. The zero-order valence-corrected chi connectivity index (χ0v) is 19.6. The lowest BCUT2D eigenvalue weighted by Gasteiger charge is -2.23. The number of rotatable bonds is 15. The number of carboxylic acid groups (broad SMARTS) is 2. The standard InChI is InChI=1S/C17H32N2O3.C5H11NO2/c1-2-3-4-5-6-7-8-9-10-11-12-16-18-13-14-19(16,22)15-17(20)21;1-6(2,3)4-5(7)8/h22H,2-15H2,1H3;4H2,1-3H3/p+2. The molecule has 176 valence electrons. The number of carbonyl (C=O) groups is 2. The SMILES string of the molecule is CCCCCCCCCCCCC1=NCC[N+]1(O)CC(=O)O.C[N+](C)(C)CC(=O)O. The van der Waals surface area contributed by atoms with Crippen molar-refractivity contribution >= 4 is 17.8 Å². The quantitative estimate of drug-likeness (QED) is 0.270. The minimum Gasteiger partial charge on any atom is -0.477 e. The van der Waals surface area contributed by atoms with Gasteiger partial charge in [0.2, 0.25) is 12.4 Å². The van der Waals surface area contributed by atoms with Crippen LogP contribution in [0.2, 0.25) is 0 Å². The van der Waals surface area contributed by atoms with Gasteiger partial charge in [-0.15, -0.1) is 4.65 Å². The Morgan fingerprint density at radius 3 is 1.80 bits per heavy atom. The summed E-state index contributed by atoms with van der Waals surface area (Å²) in [7, 11) is 5.52. The van der Waals surface area contributed by atoms with Crippen LogP contribution >= 0.6 is 0 Å². The Hall–Kier alpha value is -1.51. The molecule has 1 heterocycles. The highest BCUT2D eigenvalue weighted by molar-refractivity contribution is 5.79. The summed E-state index contributed by atoms with van der Waals surface area (Å²) in [6.45, 7) is 3.09. The molecule has 0 saturated carbocycles. The molecule has 0 fully saturated rings. The second-order valence-corrected chi connectivity index (χ2v) is 9.27. The molecule has 3 N–H and O–H groups in total. The second kappa shape index (κ2) is 15.3. The normalized spacial score (nSPS) is 18.5. The fourth-order valence-corrected chi connectivity index (χ4v) is 3.46. The number of nitrogens with zero attached hydrogens (tertiary/aromatic N) is 3. The van der Waals surface area contributed by atoms with Crippen LogP contribution in [0.3, 0.4) is 0 Å². The molecular formula is C22H45N3O5+2. The van der Waals surface area contributed by atoms with Crippen LogP contribution in [-0.4, -0.2) is 89.6 Å². The van der Waals surface area contributed by atoms with Crippen molar-refractivity contribution in [3.63, 3.8) is 0 Å². The molecule has 30 heavy (non-hydrogen) atoms. The van der Waals surface area contributed by atoms with Crippen LogP contribution in [0.4, 0.5) is 0 Å². The van der Waals surface area contributed by atoms with E-state index in [1.54, 1.807) is 0 Å². The maximum atomic E-state index is 10.8. The second-order valence-electron chi connectivity index (χ2n) is 9.27. The zero-order valence-electron chi connectivity index (χ0n) is 19.6. The Bertz CT molecular complexity index is 531. The van der Waals surface area contributed by atoms with Gasteiger partial charge in [0.1, 0.15) is 6.54 Å². The average Bonchev–Trinajstić information content (AvgIpc) is 2.94. The molecule has 8 nitrogen and oxygen atoms in total. The number of likely N-dealkylation sites (N-methyl/N-ethyl adjacent to an activating group) is 1. The molecule has 0 aromatic rings. The van der Waals surface area contributed by atoms with E-state index in [1.807, 2.05) is 21.1 Å². The molecule has 0 aromatic heterocycles. The number of aliphatic carboxylic acids is 2. The van der Waals surface area contributed by atoms with Gasteiger partial charge in [-0.1, -0.05) is 64.7 Å². The molecule has 0 radical (unpaired) electrons. The predicted octanol–water partition coefficient (Wildman–Crippen LogP) is 3.78. The summed E-state index contributed by atoms with van der Waals surface area (Å²) >= 11 is 0. The molecular weight excluding hydrogens is 386 g/mol. The van der Waals surface area contributed by atoms with Gasteiger partial charge in [-0.25, -0.2) is 19.8 Å². The fourth-order valence-electron chi connectivity index (χ4n) is 3.46. The topological polar surface area (TPSA) is 107 Å². The summed E-state index contributed by atoms with van der Waals surface area (Å²) in [5.74, 6) is -1.07. The molecule has 1 atom stereocenters. The van der Waals surface area contributed by atoms with Crippen molar-refractivity contribution in [1.82, 2.24) is 0 Å². The smallest absolute Gasteiger partial charge is 0.362 e. The van der Waals surface area contributed by atoms with Gasteiger partial charge >= 0.3 is 11.9 Å². The van der Waals surface area contributed by atoms with Gasteiger partial charge in [0.25, 0.3) is 0 Å². The Kier molecular flexibility index (Phi) is 14.5. The summed E-state index contributed by atoms with van der Waals surface area (Å²) in [5.41, 5.74) is 0. The van der Waals surface area contributed by atoms with Crippen LogP contribution in [0.25, 0.3) is 0 Å². The first-order chi connectivity index (χ1) is 14.0. The number of hydrogen-bond donors (Lipinski definition) is 3. The zero-order chi connectivity index (χ0) is 23.0. The van der Waals surface area contributed by atoms with E-state index in [4.69, 9.17) is 10.2 Å². The minimum absolute atomic E-state index is 0.181. The fraction of sp³-hybridized carbons (Fsp3) is 0.864. The molecule has 0 aromatic carbocycles. The largest absolute Gasteiger partial charge is 0.477 e. The van der Waals surface area contributed by atoms with Crippen LogP contribution in [0, 0.1) is 0 Å². The van der Waals surface area contributed by atoms with Crippen molar-refractivity contribution in [2.75, 3.05) is 47.3 Å². The highest BCUT2D eigenvalue weighted by Crippen LogP contribution is 2.17. The summed E-state index contributed by atoms with van der Waals surface area (Å²) in [6.07, 6.45) is 13.4. The number of hydroxylamine groups is 3. The van der Waals surface area contributed by atoms with Gasteiger partial charge in [-0.2, -0.15) is 0 Å². The number of aliphatic imine (C=N–C) groups is 1. The number of unbranched alkanes of at least 4 members (excludes halogenated alkanes) is 9. The summed E-state index contributed by atoms with van der Waals surface area (Å²) in [5, 5.41) is 27.4. The third-order valence-corrected chi connectivity index (χ3v) is 5.01. The Labute approximate surface area is 182 Å². The molecule has 1 aliphatic rings. The molecule has 0 bridgehead atoms. The van der Waals surface area contributed by atoms with Crippen molar-refractivity contribution in [3.05, 3.63) is 0 Å². The first-order valence-corrected chi connectivity index (χ1v) is 11.4. The number of carboxylic acids is 2. The molecule has 8 heteroatoms. The van der Waals surface area contributed by atoms with Crippen LogP contribution < -0.4 is 0 Å². The molecule has 1 unspecified atom stereocenters. The van der Waals surface area contributed by atoms with Crippen LogP contribution in [0.1, 0.15) is 77.6 Å². The maximum Gasteiger partial charge on any atom is 0.362 e. The van der Waals surface area contributed by atoms with E-state index in [9.17, 15) is 14.8 Å². The van der Waals surface area contributed by atoms with Crippen molar-refractivity contribution < 1.29 is 34.1 Å². The molecule has 0 amide bonds. The molecule has 1 aliphatic heterocycles. The molecule has 0 spiro atoms. The van der Waals surface area contributed by atoms with Gasteiger partial charge in [0, 0.05) is 6.42 Å². The van der Waals surface area contributed by atoms with Gasteiger partial charge in [-0.3, -0.25) is 0 Å². The lowest BCUT2D eigenvalue weighted by molar-refractivity contribution is -1.02. The average molecular weight is 432 g/mol. The van der Waals surface area contributed by atoms with Gasteiger partial charge < -0.3 is 14.7 Å². The maximum absolute atomic E-state index is 10.8. The van der Waals surface area contributed by atoms with E-state index in [0.717, 1.165) is 19.3 Å². The highest BCUT2D eigenvalue weighted by Gasteiger charge is 2.39. The highest BCUT2D eigenvalue weighted by atomic mass is 16.6. The monoisotopic (exact) mass is 431 g/mol. The Morgan fingerprint density at radius 2 is 1.40 bits per heavy atom. The minimum atomic E-state index is -0.972. The summed E-state index contributed by atoms with van der Waals surface area (Å²) in [6, 6.07) is 0. The van der Waals surface area contributed by atoms with Gasteiger partial charge in [-0.05, 0) is 6.42 Å². The predicted molar refractivity (Wildman–Crippen MR) is 119 cm³/mol. The van der Waals surface area contributed by atoms with E-state index in [2.05, 4.69) is 11.9 Å². The lowest BCUT2D eigenvalue weighted by Crippen LogP contribution is -2.50. The third-order valence-electron chi connectivity index (χ3n) is 5.01.